The second-order valence-corrected chi connectivity index (χ2v) is 2.89. The Kier molecular flexibility index (Phi) is 4.04. The number of para-hydroxylation sites is 1. The van der Waals surface area contributed by atoms with E-state index in [1.165, 1.54) is 0 Å². The van der Waals surface area contributed by atoms with Crippen LogP contribution >= 0.6 is 0 Å². The molecule has 0 aliphatic rings. The van der Waals surface area contributed by atoms with E-state index in [2.05, 4.69) is 5.32 Å². The smallest absolute Gasteiger partial charge is 0.135 e. The molecule has 0 spiro atoms. The molecule has 14 heavy (non-hydrogen) atoms. The maximum absolute atomic E-state index is 8.52. The minimum absolute atomic E-state index is 0.508. The highest BCUT2D eigenvalue weighted by atomic mass is 14.9. The van der Waals surface area contributed by atoms with Crippen LogP contribution in [0.3, 0.4) is 0 Å². The van der Waals surface area contributed by atoms with E-state index in [0.29, 0.717) is 13.0 Å². The average Bonchev–Trinajstić information content (AvgIpc) is 2.26. The van der Waals surface area contributed by atoms with Crippen LogP contribution in [0.5, 0.6) is 0 Å². The fourth-order valence-corrected chi connectivity index (χ4v) is 1.07. The van der Waals surface area contributed by atoms with E-state index in [0.717, 1.165) is 5.69 Å². The topological polar surface area (TPSA) is 59.6 Å². The fourth-order valence-electron chi connectivity index (χ4n) is 1.07. The lowest BCUT2D eigenvalue weighted by molar-refractivity contribution is 0.764. The summed E-state index contributed by atoms with van der Waals surface area (Å²) in [7, 11) is 0. The largest absolute Gasteiger partial charge is 0.385 e. The van der Waals surface area contributed by atoms with Gasteiger partial charge in [-0.1, -0.05) is 18.2 Å². The quantitative estimate of drug-likeness (QED) is 0.781. The fraction of sp³-hybridized carbons (Fsp3) is 0.273. The second kappa shape index (κ2) is 5.61. The zero-order valence-corrected chi connectivity index (χ0v) is 7.77. The van der Waals surface area contributed by atoms with Crippen molar-refractivity contribution >= 4 is 5.69 Å². The molecule has 1 aromatic carbocycles. The number of nitrogens with one attached hydrogen (secondary N) is 1. The first-order valence-corrected chi connectivity index (χ1v) is 4.45. The molecule has 0 fully saturated rings. The standard InChI is InChI=1S/C11H11N3/c12-8-10(9-13)6-7-14-11-4-2-1-3-5-11/h1-5,10,14H,6-7H2. The van der Waals surface area contributed by atoms with Crippen LogP contribution in [0.1, 0.15) is 6.42 Å². The molecule has 70 valence electrons. The summed E-state index contributed by atoms with van der Waals surface area (Å²) in [6, 6.07) is 13.6. The SMILES string of the molecule is N#CC(C#N)CCNc1ccccc1. The third kappa shape index (κ3) is 3.16. The molecule has 1 aromatic rings. The molecule has 0 radical (unpaired) electrons. The van der Waals surface area contributed by atoms with Gasteiger partial charge in [0, 0.05) is 12.2 Å². The third-order valence-electron chi connectivity index (χ3n) is 1.85. The van der Waals surface area contributed by atoms with E-state index in [9.17, 15) is 0 Å². The van der Waals surface area contributed by atoms with Gasteiger partial charge in [-0.3, -0.25) is 0 Å². The molecule has 0 saturated carbocycles. The molecular weight excluding hydrogens is 174 g/mol. The van der Waals surface area contributed by atoms with Crippen molar-refractivity contribution < 1.29 is 0 Å². The lowest BCUT2D eigenvalue weighted by Gasteiger charge is -2.05. The van der Waals surface area contributed by atoms with Gasteiger partial charge in [0.2, 0.25) is 0 Å². The van der Waals surface area contributed by atoms with Crippen LogP contribution in [0.25, 0.3) is 0 Å². The molecule has 0 saturated heterocycles. The predicted octanol–water partition coefficient (Wildman–Crippen LogP) is 2.15. The minimum atomic E-state index is -0.508. The molecule has 0 unspecified atom stereocenters. The van der Waals surface area contributed by atoms with Crippen molar-refractivity contribution in [2.75, 3.05) is 11.9 Å². The monoisotopic (exact) mass is 185 g/mol. The third-order valence-corrected chi connectivity index (χ3v) is 1.85. The maximum atomic E-state index is 8.52. The summed E-state index contributed by atoms with van der Waals surface area (Å²) in [5.74, 6) is -0.508. The zero-order valence-electron chi connectivity index (χ0n) is 7.77. The molecule has 0 atom stereocenters. The van der Waals surface area contributed by atoms with Gasteiger partial charge in [-0.2, -0.15) is 10.5 Å². The highest BCUT2D eigenvalue weighted by molar-refractivity contribution is 5.42. The van der Waals surface area contributed by atoms with E-state index in [4.69, 9.17) is 10.5 Å². The van der Waals surface area contributed by atoms with Gasteiger partial charge < -0.3 is 5.32 Å². The van der Waals surface area contributed by atoms with Crippen molar-refractivity contribution in [1.82, 2.24) is 0 Å². The molecule has 0 bridgehead atoms. The first kappa shape index (κ1) is 10.1. The Labute approximate surface area is 83.6 Å². The number of hydrogen-bond acceptors (Lipinski definition) is 3. The lowest BCUT2D eigenvalue weighted by Crippen LogP contribution is -2.06. The predicted molar refractivity (Wildman–Crippen MR) is 54.3 cm³/mol. The van der Waals surface area contributed by atoms with Crippen LogP contribution in [0.15, 0.2) is 30.3 Å². The van der Waals surface area contributed by atoms with Gasteiger partial charge >= 0.3 is 0 Å². The molecule has 0 heterocycles. The summed E-state index contributed by atoms with van der Waals surface area (Å²) in [4.78, 5) is 0. The van der Waals surface area contributed by atoms with Crippen LogP contribution in [0, 0.1) is 28.6 Å². The Morgan fingerprint density at radius 1 is 1.14 bits per heavy atom. The molecular formula is C11H11N3. The minimum Gasteiger partial charge on any atom is -0.385 e. The highest BCUT2D eigenvalue weighted by Gasteiger charge is 2.03. The number of rotatable bonds is 4. The number of nitriles is 2. The molecule has 0 aromatic heterocycles. The lowest BCUT2D eigenvalue weighted by atomic mass is 10.1. The summed E-state index contributed by atoms with van der Waals surface area (Å²) in [6.07, 6.45) is 0.557. The Bertz CT molecular complexity index is 331. The van der Waals surface area contributed by atoms with Gasteiger partial charge in [0.1, 0.15) is 5.92 Å². The Morgan fingerprint density at radius 2 is 1.79 bits per heavy atom. The number of hydrogen-bond donors (Lipinski definition) is 1. The first-order valence-electron chi connectivity index (χ1n) is 4.45. The van der Waals surface area contributed by atoms with Crippen molar-refractivity contribution in [3.8, 4) is 12.1 Å². The van der Waals surface area contributed by atoms with Crippen LogP contribution in [0.4, 0.5) is 5.69 Å². The summed E-state index contributed by atoms with van der Waals surface area (Å²) < 4.78 is 0. The van der Waals surface area contributed by atoms with E-state index in [1.54, 1.807) is 0 Å². The zero-order chi connectivity index (χ0) is 10.2. The van der Waals surface area contributed by atoms with Crippen molar-refractivity contribution in [3.63, 3.8) is 0 Å². The van der Waals surface area contributed by atoms with Crippen LogP contribution in [0.2, 0.25) is 0 Å². The van der Waals surface area contributed by atoms with Gasteiger partial charge in [-0.25, -0.2) is 0 Å². The summed E-state index contributed by atoms with van der Waals surface area (Å²) in [6.45, 7) is 0.649. The number of anilines is 1. The van der Waals surface area contributed by atoms with Crippen LogP contribution < -0.4 is 5.32 Å². The van der Waals surface area contributed by atoms with E-state index < -0.39 is 5.92 Å². The van der Waals surface area contributed by atoms with Gasteiger partial charge in [0.15, 0.2) is 0 Å². The van der Waals surface area contributed by atoms with Crippen LogP contribution in [-0.2, 0) is 0 Å². The Morgan fingerprint density at radius 3 is 2.36 bits per heavy atom. The van der Waals surface area contributed by atoms with Crippen LogP contribution in [-0.4, -0.2) is 6.54 Å². The van der Waals surface area contributed by atoms with Crippen molar-refractivity contribution in [2.45, 2.75) is 6.42 Å². The van der Waals surface area contributed by atoms with Gasteiger partial charge in [0.25, 0.3) is 0 Å². The Balaban J connectivity index is 2.30. The van der Waals surface area contributed by atoms with Crippen molar-refractivity contribution in [1.29, 1.82) is 10.5 Å². The first-order chi connectivity index (χ1) is 6.86. The molecule has 0 amide bonds. The Hall–Kier alpha value is -2.00. The average molecular weight is 185 g/mol. The molecule has 3 heteroatoms. The second-order valence-electron chi connectivity index (χ2n) is 2.89. The van der Waals surface area contributed by atoms with Gasteiger partial charge in [0.05, 0.1) is 12.1 Å². The van der Waals surface area contributed by atoms with E-state index >= 15 is 0 Å². The summed E-state index contributed by atoms with van der Waals surface area (Å²) in [5, 5.41) is 20.2. The molecule has 3 nitrogen and oxygen atoms in total. The highest BCUT2D eigenvalue weighted by Crippen LogP contribution is 2.06. The number of benzene rings is 1. The summed E-state index contributed by atoms with van der Waals surface area (Å²) in [5.41, 5.74) is 1.02. The molecule has 1 N–H and O–H groups in total. The van der Waals surface area contributed by atoms with Crippen molar-refractivity contribution in [3.05, 3.63) is 30.3 Å². The maximum Gasteiger partial charge on any atom is 0.135 e. The van der Waals surface area contributed by atoms with Gasteiger partial charge in [-0.05, 0) is 18.6 Å². The van der Waals surface area contributed by atoms with E-state index in [1.807, 2.05) is 42.5 Å². The van der Waals surface area contributed by atoms with E-state index in [-0.39, 0.29) is 0 Å². The normalized spacial score (nSPS) is 9.07. The number of nitrogens with zero attached hydrogens (tertiary/aromatic N) is 2. The molecule has 0 aliphatic heterocycles. The van der Waals surface area contributed by atoms with Crippen molar-refractivity contribution in [2.24, 2.45) is 5.92 Å². The summed E-state index contributed by atoms with van der Waals surface area (Å²) >= 11 is 0. The van der Waals surface area contributed by atoms with Gasteiger partial charge in [-0.15, -0.1) is 0 Å². The molecule has 1 rings (SSSR count). The molecule has 0 aliphatic carbocycles.